The van der Waals surface area contributed by atoms with Crippen molar-refractivity contribution in [3.63, 3.8) is 0 Å². The zero-order valence-electron chi connectivity index (χ0n) is 9.56. The number of hydrogen-bond acceptors (Lipinski definition) is 2. The highest BCUT2D eigenvalue weighted by Crippen LogP contribution is 2.36. The Hall–Kier alpha value is -0.600. The van der Waals surface area contributed by atoms with Crippen LogP contribution in [0.1, 0.15) is 44.3 Å². The SMILES string of the molecule is CC1CCCC(C(O)c2ccc(Cl)nc2)C1. The molecule has 0 radical (unpaired) electrons. The molecule has 0 spiro atoms. The maximum atomic E-state index is 10.3. The van der Waals surface area contributed by atoms with Gasteiger partial charge in [0.05, 0.1) is 6.10 Å². The lowest BCUT2D eigenvalue weighted by Crippen LogP contribution is -2.20. The van der Waals surface area contributed by atoms with Crippen molar-refractivity contribution in [2.45, 2.75) is 38.7 Å². The summed E-state index contributed by atoms with van der Waals surface area (Å²) in [5, 5.41) is 10.8. The lowest BCUT2D eigenvalue weighted by molar-refractivity contribution is 0.0711. The Morgan fingerprint density at radius 2 is 2.25 bits per heavy atom. The van der Waals surface area contributed by atoms with Gasteiger partial charge in [0.2, 0.25) is 0 Å². The number of halogens is 1. The van der Waals surface area contributed by atoms with Crippen molar-refractivity contribution >= 4 is 11.6 Å². The van der Waals surface area contributed by atoms with Gasteiger partial charge < -0.3 is 5.11 Å². The van der Waals surface area contributed by atoms with Crippen molar-refractivity contribution < 1.29 is 5.11 Å². The molecule has 3 heteroatoms. The lowest BCUT2D eigenvalue weighted by Gasteiger charge is -2.30. The van der Waals surface area contributed by atoms with Gasteiger partial charge in [-0.15, -0.1) is 0 Å². The largest absolute Gasteiger partial charge is 0.388 e. The number of aromatic nitrogens is 1. The zero-order valence-corrected chi connectivity index (χ0v) is 10.3. The normalized spacial score (nSPS) is 27.7. The molecule has 2 rings (SSSR count). The summed E-state index contributed by atoms with van der Waals surface area (Å²) in [6.07, 6.45) is 6.06. The van der Waals surface area contributed by atoms with Crippen LogP contribution in [0.15, 0.2) is 18.3 Å². The highest BCUT2D eigenvalue weighted by Gasteiger charge is 2.26. The number of aliphatic hydroxyl groups is 1. The minimum Gasteiger partial charge on any atom is -0.388 e. The van der Waals surface area contributed by atoms with Gasteiger partial charge >= 0.3 is 0 Å². The van der Waals surface area contributed by atoms with Crippen LogP contribution in [0.25, 0.3) is 0 Å². The van der Waals surface area contributed by atoms with Crippen molar-refractivity contribution in [3.05, 3.63) is 29.0 Å². The average molecular weight is 240 g/mol. The number of hydrogen-bond donors (Lipinski definition) is 1. The van der Waals surface area contributed by atoms with Crippen molar-refractivity contribution in [1.82, 2.24) is 4.98 Å². The fourth-order valence-corrected chi connectivity index (χ4v) is 2.71. The molecule has 1 aromatic heterocycles. The Kier molecular flexibility index (Phi) is 3.82. The van der Waals surface area contributed by atoms with E-state index in [1.165, 1.54) is 12.8 Å². The molecular weight excluding hydrogens is 222 g/mol. The van der Waals surface area contributed by atoms with E-state index in [0.717, 1.165) is 24.3 Å². The molecular formula is C13H18ClNO. The average Bonchev–Trinajstić information content (AvgIpc) is 2.29. The van der Waals surface area contributed by atoms with E-state index in [0.29, 0.717) is 11.1 Å². The van der Waals surface area contributed by atoms with Crippen LogP contribution >= 0.6 is 11.6 Å². The molecule has 1 aromatic rings. The van der Waals surface area contributed by atoms with Crippen LogP contribution in [-0.4, -0.2) is 10.1 Å². The van der Waals surface area contributed by atoms with Gasteiger partial charge in [0.15, 0.2) is 0 Å². The standard InChI is InChI=1S/C13H18ClNO/c1-9-3-2-4-10(7-9)13(16)11-5-6-12(14)15-8-11/h5-6,8-10,13,16H,2-4,7H2,1H3. The Bertz CT molecular complexity index is 338. The monoisotopic (exact) mass is 239 g/mol. The summed E-state index contributed by atoms with van der Waals surface area (Å²) >= 11 is 5.73. The molecule has 0 bridgehead atoms. The summed E-state index contributed by atoms with van der Waals surface area (Å²) in [4.78, 5) is 4.02. The minimum atomic E-state index is -0.382. The topological polar surface area (TPSA) is 33.1 Å². The molecule has 3 unspecified atom stereocenters. The third-order valence-corrected chi connectivity index (χ3v) is 3.74. The van der Waals surface area contributed by atoms with Crippen LogP contribution in [0.3, 0.4) is 0 Å². The van der Waals surface area contributed by atoms with Gasteiger partial charge in [-0.05, 0) is 36.3 Å². The molecule has 1 N–H and O–H groups in total. The molecule has 3 atom stereocenters. The number of nitrogens with zero attached hydrogens (tertiary/aromatic N) is 1. The summed E-state index contributed by atoms with van der Waals surface area (Å²) < 4.78 is 0. The van der Waals surface area contributed by atoms with Gasteiger partial charge in [0.25, 0.3) is 0 Å². The third kappa shape index (κ3) is 2.74. The van der Waals surface area contributed by atoms with Crippen LogP contribution in [0.4, 0.5) is 0 Å². The van der Waals surface area contributed by atoms with E-state index in [2.05, 4.69) is 11.9 Å². The van der Waals surface area contributed by atoms with Gasteiger partial charge in [-0.1, -0.05) is 37.4 Å². The van der Waals surface area contributed by atoms with E-state index in [1.54, 1.807) is 12.3 Å². The molecule has 1 saturated carbocycles. The third-order valence-electron chi connectivity index (χ3n) is 3.52. The van der Waals surface area contributed by atoms with E-state index in [9.17, 15) is 5.11 Å². The fourth-order valence-electron chi connectivity index (χ4n) is 2.60. The number of aliphatic hydroxyl groups excluding tert-OH is 1. The molecule has 1 aliphatic carbocycles. The minimum absolute atomic E-state index is 0.381. The van der Waals surface area contributed by atoms with Crippen LogP contribution < -0.4 is 0 Å². The van der Waals surface area contributed by atoms with Crippen LogP contribution in [0, 0.1) is 11.8 Å². The molecule has 1 heterocycles. The summed E-state index contributed by atoms with van der Waals surface area (Å²) in [7, 11) is 0. The van der Waals surface area contributed by atoms with Gasteiger partial charge in [0, 0.05) is 6.20 Å². The molecule has 16 heavy (non-hydrogen) atoms. The van der Waals surface area contributed by atoms with Crippen LogP contribution in [0.5, 0.6) is 0 Å². The van der Waals surface area contributed by atoms with E-state index >= 15 is 0 Å². The molecule has 0 aliphatic heterocycles. The Morgan fingerprint density at radius 3 is 2.88 bits per heavy atom. The maximum Gasteiger partial charge on any atom is 0.129 e. The fraction of sp³-hybridized carbons (Fsp3) is 0.615. The summed E-state index contributed by atoms with van der Waals surface area (Å²) in [5.74, 6) is 1.11. The molecule has 0 aromatic carbocycles. The summed E-state index contributed by atoms with van der Waals surface area (Å²) in [6.45, 7) is 2.26. The van der Waals surface area contributed by atoms with Crippen molar-refractivity contribution in [1.29, 1.82) is 0 Å². The molecule has 0 saturated heterocycles. The first-order chi connectivity index (χ1) is 7.66. The highest BCUT2D eigenvalue weighted by atomic mass is 35.5. The molecule has 2 nitrogen and oxygen atoms in total. The number of pyridine rings is 1. The van der Waals surface area contributed by atoms with Gasteiger partial charge in [-0.25, -0.2) is 4.98 Å². The number of rotatable bonds is 2. The van der Waals surface area contributed by atoms with Crippen molar-refractivity contribution in [2.24, 2.45) is 11.8 Å². The van der Waals surface area contributed by atoms with E-state index in [1.807, 2.05) is 6.07 Å². The van der Waals surface area contributed by atoms with Crippen molar-refractivity contribution in [2.75, 3.05) is 0 Å². The van der Waals surface area contributed by atoms with Gasteiger partial charge in [-0.2, -0.15) is 0 Å². The van der Waals surface area contributed by atoms with Crippen molar-refractivity contribution in [3.8, 4) is 0 Å². The second-order valence-electron chi connectivity index (χ2n) is 4.89. The summed E-state index contributed by atoms with van der Waals surface area (Å²) in [6, 6.07) is 3.62. The Morgan fingerprint density at radius 1 is 1.44 bits per heavy atom. The molecule has 88 valence electrons. The molecule has 0 amide bonds. The Labute approximate surface area is 102 Å². The van der Waals surface area contributed by atoms with E-state index < -0.39 is 0 Å². The predicted molar refractivity (Wildman–Crippen MR) is 65.3 cm³/mol. The molecule has 1 aliphatic rings. The van der Waals surface area contributed by atoms with E-state index in [4.69, 9.17) is 11.6 Å². The summed E-state index contributed by atoms with van der Waals surface area (Å²) in [5.41, 5.74) is 0.892. The first-order valence-corrected chi connectivity index (χ1v) is 6.34. The second kappa shape index (κ2) is 5.15. The first kappa shape index (κ1) is 11.9. The van der Waals surface area contributed by atoms with Gasteiger partial charge in [-0.3, -0.25) is 0 Å². The molecule has 1 fully saturated rings. The maximum absolute atomic E-state index is 10.3. The highest BCUT2D eigenvalue weighted by molar-refractivity contribution is 6.29. The zero-order chi connectivity index (χ0) is 11.5. The first-order valence-electron chi connectivity index (χ1n) is 5.96. The Balaban J connectivity index is 2.06. The quantitative estimate of drug-likeness (QED) is 0.800. The van der Waals surface area contributed by atoms with E-state index in [-0.39, 0.29) is 6.10 Å². The van der Waals surface area contributed by atoms with Crippen LogP contribution in [0.2, 0.25) is 5.15 Å². The predicted octanol–water partition coefficient (Wildman–Crippen LogP) is 3.59. The lowest BCUT2D eigenvalue weighted by atomic mass is 9.78. The smallest absolute Gasteiger partial charge is 0.129 e. The second-order valence-corrected chi connectivity index (χ2v) is 5.28. The van der Waals surface area contributed by atoms with Crippen LogP contribution in [-0.2, 0) is 0 Å². The van der Waals surface area contributed by atoms with Gasteiger partial charge in [0.1, 0.15) is 5.15 Å².